The summed E-state index contributed by atoms with van der Waals surface area (Å²) in [6.45, 7) is 0.612. The molecule has 4 aromatic rings. The van der Waals surface area contributed by atoms with Gasteiger partial charge >= 0.3 is 0 Å². The molecule has 8 heteroatoms. The number of rotatable bonds is 6. The molecule has 29 heavy (non-hydrogen) atoms. The van der Waals surface area contributed by atoms with E-state index in [1.165, 1.54) is 17.1 Å². The number of hydrogen-bond acceptors (Lipinski definition) is 5. The van der Waals surface area contributed by atoms with E-state index in [9.17, 15) is 4.79 Å². The van der Waals surface area contributed by atoms with Crippen LogP contribution < -0.4 is 5.32 Å². The maximum Gasteiger partial charge on any atom is 0.248 e. The first-order valence-electron chi connectivity index (χ1n) is 9.02. The van der Waals surface area contributed by atoms with Gasteiger partial charge < -0.3 is 9.88 Å². The van der Waals surface area contributed by atoms with Gasteiger partial charge in [0.05, 0.1) is 18.2 Å². The van der Waals surface area contributed by atoms with Crippen LogP contribution in [0.3, 0.4) is 0 Å². The molecule has 4 rings (SSSR count). The average Bonchev–Trinajstić information content (AvgIpc) is 3.40. The quantitative estimate of drug-likeness (QED) is 0.515. The number of carbonyl (C=O) groups excluding carboxylic acids is 1. The van der Waals surface area contributed by atoms with E-state index in [0.29, 0.717) is 18.7 Å². The monoisotopic (exact) mass is 383 g/mol. The first-order valence-corrected chi connectivity index (χ1v) is 9.02. The zero-order chi connectivity index (χ0) is 20.1. The van der Waals surface area contributed by atoms with Gasteiger partial charge in [0.25, 0.3) is 0 Å². The topological polar surface area (TPSA) is 101 Å². The fourth-order valence-corrected chi connectivity index (χ4v) is 3.12. The second-order valence-corrected chi connectivity index (χ2v) is 6.33. The summed E-state index contributed by atoms with van der Waals surface area (Å²) in [6.07, 6.45) is 7.17. The molecule has 0 aliphatic carbocycles. The summed E-state index contributed by atoms with van der Waals surface area (Å²) in [5, 5.41) is 23.8. The largest absolute Gasteiger partial charge is 0.346 e. The zero-order valence-corrected chi connectivity index (χ0v) is 15.4. The molecule has 0 atom stereocenters. The highest BCUT2D eigenvalue weighted by atomic mass is 16.1. The van der Waals surface area contributed by atoms with Gasteiger partial charge in [0.2, 0.25) is 5.91 Å². The molecule has 1 N–H and O–H groups in total. The average molecular weight is 383 g/mol. The summed E-state index contributed by atoms with van der Waals surface area (Å²) in [5.41, 5.74) is 3.36. The normalized spacial score (nSPS) is 11.0. The van der Waals surface area contributed by atoms with Crippen LogP contribution in [-0.2, 0) is 11.3 Å². The lowest BCUT2D eigenvalue weighted by Crippen LogP contribution is -2.08. The Hall–Kier alpha value is -4.25. The summed E-state index contributed by atoms with van der Waals surface area (Å²) in [5.74, 6) is -0.243. The lowest BCUT2D eigenvalue weighted by Gasteiger charge is -2.04. The molecule has 0 bridgehead atoms. The minimum absolute atomic E-state index is 0.243. The highest BCUT2D eigenvalue weighted by Gasteiger charge is 2.07. The van der Waals surface area contributed by atoms with Gasteiger partial charge in [-0.05, 0) is 40.8 Å². The highest BCUT2D eigenvalue weighted by Crippen LogP contribution is 2.23. The van der Waals surface area contributed by atoms with Crippen LogP contribution in [0.15, 0.2) is 67.1 Å². The molecule has 0 saturated carbocycles. The van der Waals surface area contributed by atoms with Crippen molar-refractivity contribution in [3.63, 3.8) is 0 Å². The number of para-hydroxylation sites is 1. The van der Waals surface area contributed by atoms with Crippen LogP contribution in [0.2, 0.25) is 0 Å². The van der Waals surface area contributed by atoms with E-state index in [2.05, 4.69) is 26.9 Å². The molecule has 8 nitrogen and oxygen atoms in total. The first kappa shape index (κ1) is 18.1. The predicted octanol–water partition coefficient (Wildman–Crippen LogP) is 3.18. The van der Waals surface area contributed by atoms with Crippen LogP contribution in [0, 0.1) is 11.3 Å². The number of fused-ring (bicyclic) bond motifs is 1. The molecule has 0 unspecified atom stereocenters. The molecule has 2 aromatic carbocycles. The van der Waals surface area contributed by atoms with E-state index in [4.69, 9.17) is 5.26 Å². The van der Waals surface area contributed by atoms with Crippen LogP contribution in [-0.4, -0.2) is 30.7 Å². The van der Waals surface area contributed by atoms with E-state index in [1.54, 1.807) is 18.2 Å². The maximum absolute atomic E-state index is 12.4. The molecule has 0 spiro atoms. The number of nitrogens with zero attached hydrogens (tertiary/aromatic N) is 6. The maximum atomic E-state index is 12.4. The van der Waals surface area contributed by atoms with Gasteiger partial charge in [0.1, 0.15) is 6.33 Å². The summed E-state index contributed by atoms with van der Waals surface area (Å²) < 4.78 is 3.55. The number of benzene rings is 2. The molecule has 2 heterocycles. The van der Waals surface area contributed by atoms with Crippen molar-refractivity contribution in [3.8, 4) is 11.8 Å². The molecule has 1 amide bonds. The first-order chi connectivity index (χ1) is 14.2. The van der Waals surface area contributed by atoms with Gasteiger partial charge in [-0.2, -0.15) is 5.26 Å². The smallest absolute Gasteiger partial charge is 0.248 e. The van der Waals surface area contributed by atoms with Crippen LogP contribution in [0.25, 0.3) is 22.7 Å². The third-order valence-electron chi connectivity index (χ3n) is 4.43. The minimum atomic E-state index is -0.243. The molecular weight excluding hydrogens is 366 g/mol. The summed E-state index contributed by atoms with van der Waals surface area (Å²) >= 11 is 0. The van der Waals surface area contributed by atoms with Crippen LogP contribution in [0.5, 0.6) is 0 Å². The second-order valence-electron chi connectivity index (χ2n) is 6.33. The van der Waals surface area contributed by atoms with Crippen molar-refractivity contribution in [2.24, 2.45) is 0 Å². The standard InChI is InChI=1S/C21H17N7O/c22-11-4-12-27-14-16(19-7-1-2-8-20(19)27)9-10-21(29)24-17-5-3-6-18(13-17)28-15-23-25-26-28/h1-3,5-10,13-15H,4,12H2,(H,24,29)/b10-9+. The number of amides is 1. The molecular formula is C21H17N7O. The van der Waals surface area contributed by atoms with Gasteiger partial charge in [-0.25, -0.2) is 4.68 Å². The van der Waals surface area contributed by atoms with E-state index >= 15 is 0 Å². The van der Waals surface area contributed by atoms with Crippen molar-refractivity contribution in [1.82, 2.24) is 24.8 Å². The third-order valence-corrected chi connectivity index (χ3v) is 4.43. The predicted molar refractivity (Wildman–Crippen MR) is 109 cm³/mol. The van der Waals surface area contributed by atoms with E-state index in [-0.39, 0.29) is 5.91 Å². The van der Waals surface area contributed by atoms with Crippen molar-refractivity contribution >= 4 is 28.6 Å². The van der Waals surface area contributed by atoms with E-state index in [1.807, 2.05) is 47.2 Å². The highest BCUT2D eigenvalue weighted by molar-refractivity contribution is 6.03. The Morgan fingerprint density at radius 1 is 1.21 bits per heavy atom. The van der Waals surface area contributed by atoms with E-state index in [0.717, 1.165) is 22.2 Å². The molecule has 0 radical (unpaired) electrons. The molecule has 0 aliphatic heterocycles. The number of aromatic nitrogens is 5. The SMILES string of the molecule is N#CCCn1cc(/C=C/C(=O)Nc2cccc(-n3cnnn3)c2)c2ccccc21. The Morgan fingerprint density at radius 2 is 2.10 bits per heavy atom. The van der Waals surface area contributed by atoms with Gasteiger partial charge in [-0.1, -0.05) is 24.3 Å². The van der Waals surface area contributed by atoms with E-state index < -0.39 is 0 Å². The van der Waals surface area contributed by atoms with Crippen molar-refractivity contribution in [3.05, 3.63) is 72.7 Å². The van der Waals surface area contributed by atoms with Gasteiger partial charge in [0.15, 0.2) is 0 Å². The molecule has 0 saturated heterocycles. The fourth-order valence-electron chi connectivity index (χ4n) is 3.12. The third kappa shape index (κ3) is 4.04. The number of hydrogen-bond donors (Lipinski definition) is 1. The molecule has 2 aromatic heterocycles. The number of carbonyl (C=O) groups is 1. The Balaban J connectivity index is 1.52. The number of anilines is 1. The van der Waals surface area contributed by atoms with Gasteiger partial charge in [-0.15, -0.1) is 5.10 Å². The Morgan fingerprint density at radius 3 is 2.93 bits per heavy atom. The summed E-state index contributed by atoms with van der Waals surface area (Å²) in [6, 6.07) is 17.3. The minimum Gasteiger partial charge on any atom is -0.346 e. The molecule has 0 fully saturated rings. The second kappa shape index (κ2) is 8.19. The number of nitrogens with one attached hydrogen (secondary N) is 1. The Bertz CT molecular complexity index is 1220. The van der Waals surface area contributed by atoms with Crippen molar-refractivity contribution in [1.29, 1.82) is 5.26 Å². The van der Waals surface area contributed by atoms with Crippen LogP contribution in [0.4, 0.5) is 5.69 Å². The van der Waals surface area contributed by atoms with Crippen molar-refractivity contribution in [2.75, 3.05) is 5.32 Å². The lowest BCUT2D eigenvalue weighted by atomic mass is 10.1. The number of tetrazole rings is 1. The molecule has 142 valence electrons. The van der Waals surface area contributed by atoms with Gasteiger partial charge in [0, 0.05) is 41.0 Å². The van der Waals surface area contributed by atoms with Crippen LogP contribution in [0.1, 0.15) is 12.0 Å². The zero-order valence-electron chi connectivity index (χ0n) is 15.4. The molecule has 0 aliphatic rings. The summed E-state index contributed by atoms with van der Waals surface area (Å²) in [4.78, 5) is 12.4. The van der Waals surface area contributed by atoms with Crippen LogP contribution >= 0.6 is 0 Å². The van der Waals surface area contributed by atoms with Crippen molar-refractivity contribution < 1.29 is 4.79 Å². The van der Waals surface area contributed by atoms with Crippen molar-refractivity contribution in [2.45, 2.75) is 13.0 Å². The lowest BCUT2D eigenvalue weighted by molar-refractivity contribution is -0.111. The number of aryl methyl sites for hydroxylation is 1. The fraction of sp³-hybridized carbons (Fsp3) is 0.0952. The Kier molecular flexibility index (Phi) is 5.12. The Labute approximate surface area is 166 Å². The van der Waals surface area contributed by atoms with Gasteiger partial charge in [-0.3, -0.25) is 4.79 Å². The number of nitriles is 1. The summed E-state index contributed by atoms with van der Waals surface area (Å²) in [7, 11) is 0.